The first-order chi connectivity index (χ1) is 20.0. The van der Waals surface area contributed by atoms with Gasteiger partial charge in [0.15, 0.2) is 5.71 Å². The summed E-state index contributed by atoms with van der Waals surface area (Å²) in [6, 6.07) is 20.3. The highest BCUT2D eigenvalue weighted by molar-refractivity contribution is 6.54. The van der Waals surface area contributed by atoms with Crippen molar-refractivity contribution in [3.63, 3.8) is 0 Å². The van der Waals surface area contributed by atoms with Crippen molar-refractivity contribution < 1.29 is 33.1 Å². The molecule has 0 aliphatic carbocycles. The largest absolute Gasteiger partial charge is 0.497 e. The summed E-state index contributed by atoms with van der Waals surface area (Å²) in [5.41, 5.74) is 3.59. The first kappa shape index (κ1) is 27.8. The number of fused-ring (bicyclic) bond motifs is 2. The van der Waals surface area contributed by atoms with Crippen LogP contribution in [-0.4, -0.2) is 51.1 Å². The van der Waals surface area contributed by atoms with Crippen molar-refractivity contribution in [2.75, 3.05) is 38.4 Å². The van der Waals surface area contributed by atoms with Crippen molar-refractivity contribution in [3.8, 4) is 22.8 Å². The lowest BCUT2D eigenvalue weighted by atomic mass is 10.1. The lowest BCUT2D eigenvalue weighted by Gasteiger charge is -2.16. The van der Waals surface area contributed by atoms with E-state index in [4.69, 9.17) is 23.5 Å². The van der Waals surface area contributed by atoms with E-state index < -0.39 is 5.97 Å². The number of anilines is 1. The molecule has 0 radical (unpaired) electrons. The van der Waals surface area contributed by atoms with Crippen LogP contribution in [0.5, 0.6) is 11.5 Å². The van der Waals surface area contributed by atoms with E-state index in [1.807, 2.05) is 61.5 Å². The Balaban J connectivity index is 1.27. The van der Waals surface area contributed by atoms with Crippen LogP contribution in [0.15, 0.2) is 76.3 Å². The van der Waals surface area contributed by atoms with E-state index in [0.717, 1.165) is 29.7 Å². The maximum Gasteiger partial charge on any atom is 0.342 e. The molecular weight excluding hydrogens is 524 g/mol. The highest BCUT2D eigenvalue weighted by atomic mass is 16.6. The van der Waals surface area contributed by atoms with Crippen LogP contribution in [-0.2, 0) is 14.4 Å². The first-order valence-electron chi connectivity index (χ1n) is 13.7. The summed E-state index contributed by atoms with van der Waals surface area (Å²) in [6.07, 6.45) is 1.45. The van der Waals surface area contributed by atoms with Crippen LogP contribution < -0.4 is 14.4 Å². The molecule has 9 heteroatoms. The molecule has 9 nitrogen and oxygen atoms in total. The molecule has 0 fully saturated rings. The van der Waals surface area contributed by atoms with Crippen molar-refractivity contribution in [2.24, 2.45) is 5.16 Å². The van der Waals surface area contributed by atoms with Crippen LogP contribution in [0.2, 0.25) is 0 Å². The molecule has 5 rings (SSSR count). The van der Waals surface area contributed by atoms with Gasteiger partial charge in [0.1, 0.15) is 35.0 Å². The molecule has 0 saturated carbocycles. The van der Waals surface area contributed by atoms with Gasteiger partial charge in [-0.05, 0) is 75.2 Å². The molecule has 0 N–H and O–H groups in total. The second kappa shape index (κ2) is 12.6. The number of carbonyl (C=O) groups excluding carboxylic acids is 2. The molecule has 0 saturated heterocycles. The molecule has 0 unspecified atom stereocenters. The highest BCUT2D eigenvalue weighted by Crippen LogP contribution is 2.37. The summed E-state index contributed by atoms with van der Waals surface area (Å²) in [7, 11) is 1.60. The third-order valence-electron chi connectivity index (χ3n) is 6.72. The van der Waals surface area contributed by atoms with Crippen molar-refractivity contribution in [3.05, 3.63) is 77.9 Å². The van der Waals surface area contributed by atoms with E-state index in [2.05, 4.69) is 5.16 Å². The number of oxime groups is 1. The Morgan fingerprint density at radius 1 is 0.951 bits per heavy atom. The average molecular weight is 557 g/mol. The van der Waals surface area contributed by atoms with Crippen molar-refractivity contribution in [2.45, 2.75) is 26.7 Å². The number of rotatable bonds is 12. The predicted octanol–water partition coefficient (Wildman–Crippen LogP) is 6.23. The molecule has 1 aliphatic rings. The van der Waals surface area contributed by atoms with Gasteiger partial charge in [-0.3, -0.25) is 4.79 Å². The van der Waals surface area contributed by atoms with E-state index in [-0.39, 0.29) is 12.5 Å². The van der Waals surface area contributed by atoms with Gasteiger partial charge in [-0.2, -0.15) is 0 Å². The molecular formula is C32H32N2O7. The topological polar surface area (TPSA) is 99.8 Å². The number of methoxy groups -OCH3 is 1. The number of furan rings is 1. The summed E-state index contributed by atoms with van der Waals surface area (Å²) >= 11 is 0. The summed E-state index contributed by atoms with van der Waals surface area (Å²) in [5, 5.41) is 4.66. The second-order valence-corrected chi connectivity index (χ2v) is 9.30. The Morgan fingerprint density at radius 3 is 2.49 bits per heavy atom. The molecule has 1 amide bonds. The van der Waals surface area contributed by atoms with Crippen molar-refractivity contribution in [1.82, 2.24) is 0 Å². The number of unbranched alkanes of at least 4 members (excludes halogenated alkanes) is 1. The fourth-order valence-corrected chi connectivity index (χ4v) is 4.78. The van der Waals surface area contributed by atoms with E-state index in [0.29, 0.717) is 59.3 Å². The third-order valence-corrected chi connectivity index (χ3v) is 6.72. The Morgan fingerprint density at radius 2 is 1.73 bits per heavy atom. The van der Waals surface area contributed by atoms with Gasteiger partial charge < -0.3 is 28.4 Å². The van der Waals surface area contributed by atoms with Crippen LogP contribution in [0.4, 0.5) is 5.69 Å². The van der Waals surface area contributed by atoms with Crippen LogP contribution >= 0.6 is 0 Å². The zero-order chi connectivity index (χ0) is 28.8. The third kappa shape index (κ3) is 5.75. The smallest absolute Gasteiger partial charge is 0.342 e. The lowest BCUT2D eigenvalue weighted by molar-refractivity contribution is -0.112. The monoisotopic (exact) mass is 556 g/mol. The molecule has 3 aromatic carbocycles. The number of esters is 1. The molecule has 0 atom stereocenters. The van der Waals surface area contributed by atoms with Crippen molar-refractivity contribution >= 4 is 34.2 Å². The maximum atomic E-state index is 13.0. The molecule has 2 heterocycles. The number of amides is 1. The van der Waals surface area contributed by atoms with Gasteiger partial charge in [-0.1, -0.05) is 23.4 Å². The van der Waals surface area contributed by atoms with Crippen LogP contribution in [0.3, 0.4) is 0 Å². The summed E-state index contributed by atoms with van der Waals surface area (Å²) in [5.74, 6) is 1.12. The number of nitrogens with zero attached hydrogens (tertiary/aromatic N) is 2. The Kier molecular flexibility index (Phi) is 8.53. The number of hydrogen-bond acceptors (Lipinski definition) is 8. The van der Waals surface area contributed by atoms with Gasteiger partial charge in [0.05, 0.1) is 26.0 Å². The van der Waals surface area contributed by atoms with Crippen LogP contribution in [0.1, 0.15) is 42.6 Å². The zero-order valence-electron chi connectivity index (χ0n) is 23.3. The number of hydrogen-bond donors (Lipinski definition) is 0. The molecule has 1 aromatic heterocycles. The minimum atomic E-state index is -0.461. The number of para-hydroxylation sites is 1. The Labute approximate surface area is 238 Å². The van der Waals surface area contributed by atoms with Gasteiger partial charge in [0.25, 0.3) is 5.91 Å². The predicted molar refractivity (Wildman–Crippen MR) is 156 cm³/mol. The number of carbonyl (C=O) groups is 2. The molecule has 1 aliphatic heterocycles. The molecule has 41 heavy (non-hydrogen) atoms. The van der Waals surface area contributed by atoms with Crippen LogP contribution in [0.25, 0.3) is 22.3 Å². The quantitative estimate of drug-likeness (QED) is 0.116. The normalized spacial score (nSPS) is 13.5. The minimum Gasteiger partial charge on any atom is -0.497 e. The Bertz CT molecular complexity index is 1570. The van der Waals surface area contributed by atoms with E-state index >= 15 is 0 Å². The number of ether oxygens (including phenoxy) is 3. The maximum absolute atomic E-state index is 13.0. The van der Waals surface area contributed by atoms with Gasteiger partial charge in [-0.25, -0.2) is 4.79 Å². The summed E-state index contributed by atoms with van der Waals surface area (Å²) < 4.78 is 22.7. The molecule has 0 spiro atoms. The van der Waals surface area contributed by atoms with Gasteiger partial charge >= 0.3 is 5.97 Å². The minimum absolute atomic E-state index is 0.162. The van der Waals surface area contributed by atoms with Crippen molar-refractivity contribution in [1.29, 1.82) is 0 Å². The highest BCUT2D eigenvalue weighted by Gasteiger charge is 2.34. The molecule has 0 bridgehead atoms. The fraction of sp³-hybridized carbons (Fsp3) is 0.281. The molecule has 4 aromatic rings. The van der Waals surface area contributed by atoms with E-state index in [9.17, 15) is 9.59 Å². The first-order valence-corrected chi connectivity index (χ1v) is 13.7. The number of benzene rings is 3. The van der Waals surface area contributed by atoms with Gasteiger partial charge in [-0.15, -0.1) is 0 Å². The Hall–Kier alpha value is -4.79. The fourth-order valence-electron chi connectivity index (χ4n) is 4.78. The lowest BCUT2D eigenvalue weighted by Crippen LogP contribution is -2.31. The average Bonchev–Trinajstić information content (AvgIpc) is 3.50. The molecule has 212 valence electrons. The zero-order valence-corrected chi connectivity index (χ0v) is 23.3. The second-order valence-electron chi connectivity index (χ2n) is 9.30. The SMILES string of the molecule is CCO/N=C1\C(=O)N(CCCCOc2ccc3oc(-c4ccc(OC)cc4)c(C(=O)OCC)c3c2)c2ccccc21. The summed E-state index contributed by atoms with van der Waals surface area (Å²) in [4.78, 5) is 32.9. The standard InChI is InChI=1S/C32H32N2O7/c1-4-38-32(36)28-25-20-23(16-17-27(25)41-30(28)21-12-14-22(37-3)15-13-21)39-19-9-8-18-34-26-11-7-6-10-24(26)29(31(34)35)33-40-5-2/h6-7,10-17,20H,4-5,8-9,18-19H2,1-3H3/b33-29-. The van der Waals surface area contributed by atoms with Gasteiger partial charge in [0, 0.05) is 23.1 Å². The van der Waals surface area contributed by atoms with E-state index in [1.54, 1.807) is 31.1 Å². The summed E-state index contributed by atoms with van der Waals surface area (Å²) in [6.45, 7) is 5.20. The van der Waals surface area contributed by atoms with Crippen LogP contribution in [0, 0.1) is 0 Å². The van der Waals surface area contributed by atoms with Gasteiger partial charge in [0.2, 0.25) is 0 Å². The van der Waals surface area contributed by atoms with E-state index in [1.165, 1.54) is 0 Å².